The number of aromatic nitrogens is 2. The maximum Gasteiger partial charge on any atom is 0.263 e. The molecule has 1 heterocycles. The van der Waals surface area contributed by atoms with E-state index in [1.54, 1.807) is 0 Å². The molecule has 6 nitrogen and oxygen atoms in total. The van der Waals surface area contributed by atoms with Gasteiger partial charge in [0.2, 0.25) is 0 Å². The number of aryl methyl sites for hydroxylation is 1. The third-order valence-corrected chi connectivity index (χ3v) is 3.89. The highest BCUT2D eigenvalue weighted by Crippen LogP contribution is 2.23. The number of halogens is 1. The molecule has 0 aliphatic rings. The third kappa shape index (κ3) is 2.79. The van der Waals surface area contributed by atoms with Gasteiger partial charge in [0.15, 0.2) is 5.82 Å². The van der Waals surface area contributed by atoms with Crippen molar-refractivity contribution in [3.63, 3.8) is 0 Å². The Morgan fingerprint density at radius 2 is 2.11 bits per heavy atom. The number of benzene rings is 1. The van der Waals surface area contributed by atoms with E-state index in [0.717, 1.165) is 12.1 Å². The van der Waals surface area contributed by atoms with E-state index in [1.165, 1.54) is 25.3 Å². The average Bonchev–Trinajstić information content (AvgIpc) is 2.34. The molecule has 0 aliphatic heterocycles. The van der Waals surface area contributed by atoms with E-state index < -0.39 is 15.8 Å². The van der Waals surface area contributed by atoms with Gasteiger partial charge < -0.3 is 5.73 Å². The van der Waals surface area contributed by atoms with Gasteiger partial charge in [-0.1, -0.05) is 0 Å². The summed E-state index contributed by atoms with van der Waals surface area (Å²) in [7, 11) is -3.88. The number of nitrogens with two attached hydrogens (primary N) is 1. The molecule has 0 unspecified atom stereocenters. The Labute approximate surface area is 109 Å². The molecule has 0 spiro atoms. The average molecular weight is 282 g/mol. The molecule has 3 N–H and O–H groups in total. The molecule has 0 aliphatic carbocycles. The molecule has 8 heteroatoms. The lowest BCUT2D eigenvalue weighted by Crippen LogP contribution is -2.16. The zero-order chi connectivity index (χ0) is 14.0. The van der Waals surface area contributed by atoms with Crippen molar-refractivity contribution < 1.29 is 12.8 Å². The zero-order valence-electron chi connectivity index (χ0n) is 9.96. The van der Waals surface area contributed by atoms with Crippen LogP contribution in [0.5, 0.6) is 0 Å². The molecule has 2 rings (SSSR count). The Balaban J connectivity index is 2.43. The molecule has 1 aromatic carbocycles. The Bertz CT molecular complexity index is 704. The SMILES string of the molecule is Cc1cc(F)c(N)cc1S(=O)(=O)Nc1cccnn1. The highest BCUT2D eigenvalue weighted by molar-refractivity contribution is 7.92. The molecule has 0 radical (unpaired) electrons. The van der Waals surface area contributed by atoms with E-state index in [0.29, 0.717) is 0 Å². The van der Waals surface area contributed by atoms with Crippen LogP contribution in [0.4, 0.5) is 15.9 Å². The fraction of sp³-hybridized carbons (Fsp3) is 0.0909. The van der Waals surface area contributed by atoms with Gasteiger partial charge in [0.05, 0.1) is 10.6 Å². The molecule has 1 aromatic heterocycles. The third-order valence-electron chi connectivity index (χ3n) is 2.40. The number of sulfonamides is 1. The predicted octanol–water partition coefficient (Wildman–Crippen LogP) is 1.31. The van der Waals surface area contributed by atoms with Crippen molar-refractivity contribution in [2.75, 3.05) is 10.5 Å². The van der Waals surface area contributed by atoms with Crippen LogP contribution in [0.2, 0.25) is 0 Å². The van der Waals surface area contributed by atoms with Crippen molar-refractivity contribution >= 4 is 21.5 Å². The summed E-state index contributed by atoms with van der Waals surface area (Å²) in [5.74, 6) is -0.583. The molecule has 0 amide bonds. The number of hydrogen-bond donors (Lipinski definition) is 2. The van der Waals surface area contributed by atoms with Crippen molar-refractivity contribution in [1.82, 2.24) is 10.2 Å². The van der Waals surface area contributed by atoms with Gasteiger partial charge >= 0.3 is 0 Å². The Hall–Kier alpha value is -2.22. The minimum atomic E-state index is -3.88. The second-order valence-electron chi connectivity index (χ2n) is 3.85. The lowest BCUT2D eigenvalue weighted by molar-refractivity contribution is 0.599. The van der Waals surface area contributed by atoms with Crippen LogP contribution in [0.15, 0.2) is 35.4 Å². The lowest BCUT2D eigenvalue weighted by atomic mass is 10.2. The van der Waals surface area contributed by atoms with E-state index >= 15 is 0 Å². The molecule has 0 bridgehead atoms. The number of nitrogen functional groups attached to an aromatic ring is 1. The number of anilines is 2. The predicted molar refractivity (Wildman–Crippen MR) is 68.4 cm³/mol. The highest BCUT2D eigenvalue weighted by atomic mass is 32.2. The number of rotatable bonds is 3. The number of hydrogen-bond acceptors (Lipinski definition) is 5. The molecule has 0 saturated carbocycles. The maximum atomic E-state index is 13.2. The van der Waals surface area contributed by atoms with Crippen LogP contribution >= 0.6 is 0 Å². The molecule has 19 heavy (non-hydrogen) atoms. The van der Waals surface area contributed by atoms with Gasteiger partial charge in [-0.2, -0.15) is 5.10 Å². The Kier molecular flexibility index (Phi) is 3.34. The summed E-state index contributed by atoms with van der Waals surface area (Å²) in [6, 6.07) is 5.13. The number of nitrogens with one attached hydrogen (secondary N) is 1. The van der Waals surface area contributed by atoms with Gasteiger partial charge in [0, 0.05) is 6.20 Å². The molecular formula is C11H11FN4O2S. The maximum absolute atomic E-state index is 13.2. The normalized spacial score (nSPS) is 11.3. The summed E-state index contributed by atoms with van der Waals surface area (Å²) in [4.78, 5) is -0.1000. The lowest BCUT2D eigenvalue weighted by Gasteiger charge is -2.10. The van der Waals surface area contributed by atoms with Crippen LogP contribution < -0.4 is 10.5 Å². The summed E-state index contributed by atoms with van der Waals surface area (Å²) < 4.78 is 39.7. The van der Waals surface area contributed by atoms with Gasteiger partial charge in [-0.15, -0.1) is 5.10 Å². The van der Waals surface area contributed by atoms with Gasteiger partial charge in [-0.25, -0.2) is 12.8 Å². The Morgan fingerprint density at radius 3 is 2.74 bits per heavy atom. The first kappa shape index (κ1) is 13.2. The molecule has 0 fully saturated rings. The van der Waals surface area contributed by atoms with E-state index in [9.17, 15) is 12.8 Å². The quantitative estimate of drug-likeness (QED) is 0.827. The Morgan fingerprint density at radius 1 is 1.37 bits per heavy atom. The topological polar surface area (TPSA) is 98.0 Å². The molecule has 0 saturated heterocycles. The van der Waals surface area contributed by atoms with E-state index in [4.69, 9.17) is 5.73 Å². The highest BCUT2D eigenvalue weighted by Gasteiger charge is 2.19. The second kappa shape index (κ2) is 4.81. The van der Waals surface area contributed by atoms with Crippen molar-refractivity contribution in [3.8, 4) is 0 Å². The molecule has 2 aromatic rings. The number of nitrogens with zero attached hydrogens (tertiary/aromatic N) is 2. The first-order valence-electron chi connectivity index (χ1n) is 5.26. The van der Waals surface area contributed by atoms with Gasteiger partial charge in [-0.05, 0) is 36.8 Å². The minimum absolute atomic E-state index is 0.0739. The van der Waals surface area contributed by atoms with Crippen molar-refractivity contribution in [1.29, 1.82) is 0 Å². The molecular weight excluding hydrogens is 271 g/mol. The smallest absolute Gasteiger partial charge is 0.263 e. The van der Waals surface area contributed by atoms with Gasteiger partial charge in [0.1, 0.15) is 5.82 Å². The monoisotopic (exact) mass is 282 g/mol. The molecule has 100 valence electrons. The fourth-order valence-corrected chi connectivity index (χ4v) is 2.77. The van der Waals surface area contributed by atoms with Crippen LogP contribution in [0.3, 0.4) is 0 Å². The van der Waals surface area contributed by atoms with Gasteiger partial charge in [-0.3, -0.25) is 4.72 Å². The van der Waals surface area contributed by atoms with Crippen LogP contribution in [0.1, 0.15) is 5.56 Å². The summed E-state index contributed by atoms with van der Waals surface area (Å²) in [6.07, 6.45) is 1.42. The van der Waals surface area contributed by atoms with E-state index in [1.807, 2.05) is 0 Å². The summed E-state index contributed by atoms with van der Waals surface area (Å²) in [5.41, 5.74) is 5.41. The van der Waals surface area contributed by atoms with E-state index in [2.05, 4.69) is 14.9 Å². The molecule has 0 atom stereocenters. The second-order valence-corrected chi connectivity index (χ2v) is 5.50. The van der Waals surface area contributed by atoms with E-state index in [-0.39, 0.29) is 22.0 Å². The fourth-order valence-electron chi connectivity index (χ4n) is 1.51. The minimum Gasteiger partial charge on any atom is -0.396 e. The van der Waals surface area contributed by atoms with Crippen molar-refractivity contribution in [2.45, 2.75) is 11.8 Å². The van der Waals surface area contributed by atoms with Crippen LogP contribution in [-0.2, 0) is 10.0 Å². The van der Waals surface area contributed by atoms with Crippen LogP contribution in [0.25, 0.3) is 0 Å². The summed E-state index contributed by atoms with van der Waals surface area (Å²) in [5, 5.41) is 7.17. The summed E-state index contributed by atoms with van der Waals surface area (Å²) >= 11 is 0. The first-order chi connectivity index (χ1) is 8.90. The van der Waals surface area contributed by atoms with Crippen LogP contribution in [-0.4, -0.2) is 18.6 Å². The largest absolute Gasteiger partial charge is 0.396 e. The van der Waals surface area contributed by atoms with Crippen LogP contribution in [0, 0.1) is 12.7 Å². The standard InChI is InChI=1S/C11H11FN4O2S/c1-7-5-8(12)9(13)6-10(7)19(17,18)16-11-3-2-4-14-15-11/h2-6H,13H2,1H3,(H,15,16). The van der Waals surface area contributed by atoms with Gasteiger partial charge in [0.25, 0.3) is 10.0 Å². The summed E-state index contributed by atoms with van der Waals surface area (Å²) in [6.45, 7) is 1.48. The first-order valence-corrected chi connectivity index (χ1v) is 6.74. The van der Waals surface area contributed by atoms with Crippen molar-refractivity contribution in [3.05, 3.63) is 41.8 Å². The van der Waals surface area contributed by atoms with Crippen molar-refractivity contribution in [2.24, 2.45) is 0 Å². The zero-order valence-corrected chi connectivity index (χ0v) is 10.8.